The number of rotatable bonds is 5. The summed E-state index contributed by atoms with van der Waals surface area (Å²) < 4.78 is 0.696. The first-order chi connectivity index (χ1) is 9.90. The van der Waals surface area contributed by atoms with Crippen LogP contribution < -0.4 is 5.32 Å². The van der Waals surface area contributed by atoms with E-state index in [1.165, 1.54) is 11.6 Å². The van der Waals surface area contributed by atoms with E-state index < -0.39 is 0 Å². The number of nitro benzene ring substituents is 1. The van der Waals surface area contributed by atoms with Gasteiger partial charge in [0, 0.05) is 22.5 Å². The molecule has 0 amide bonds. The lowest BCUT2D eigenvalue weighted by Crippen LogP contribution is -2.27. The molecule has 0 unspecified atom stereocenters. The molecule has 21 heavy (non-hydrogen) atoms. The summed E-state index contributed by atoms with van der Waals surface area (Å²) in [7, 11) is 0. The van der Waals surface area contributed by atoms with E-state index in [-0.39, 0.29) is 16.0 Å². The molecule has 5 heteroatoms. The predicted molar refractivity (Wildman–Crippen MR) is 88.8 cm³/mol. The Balaban J connectivity index is 2.18. The maximum absolute atomic E-state index is 11.1. The van der Waals surface area contributed by atoms with Crippen LogP contribution in [0.2, 0.25) is 0 Å². The molecule has 110 valence electrons. The summed E-state index contributed by atoms with van der Waals surface area (Å²) in [5.74, 6) is 0. The second-order valence-electron chi connectivity index (χ2n) is 5.52. The van der Waals surface area contributed by atoms with Gasteiger partial charge in [0.25, 0.3) is 5.69 Å². The molecule has 0 spiro atoms. The monoisotopic (exact) mass is 348 g/mol. The number of nitrogens with one attached hydrogen (secondary N) is 1. The van der Waals surface area contributed by atoms with Crippen molar-refractivity contribution in [1.82, 2.24) is 0 Å². The molecular formula is C16H17BrN2O2. The molecule has 1 N–H and O–H groups in total. The lowest BCUT2D eigenvalue weighted by Gasteiger charge is -2.26. The van der Waals surface area contributed by atoms with Crippen LogP contribution in [-0.4, -0.2) is 11.5 Å². The molecule has 2 rings (SSSR count). The van der Waals surface area contributed by atoms with E-state index in [4.69, 9.17) is 0 Å². The summed E-state index contributed by atoms with van der Waals surface area (Å²) in [5, 5.41) is 14.3. The SMILES string of the molecule is CC(C)(CNc1ccc(Br)cc1[N+](=O)[O-])c1ccccc1. The van der Waals surface area contributed by atoms with Crippen LogP contribution in [-0.2, 0) is 5.41 Å². The number of hydrogen-bond donors (Lipinski definition) is 1. The van der Waals surface area contributed by atoms with E-state index in [2.05, 4.69) is 47.2 Å². The Kier molecular flexibility index (Phi) is 4.63. The number of anilines is 1. The average molecular weight is 349 g/mol. The standard InChI is InChI=1S/C16H17BrN2O2/c1-16(2,12-6-4-3-5-7-12)11-18-14-9-8-13(17)10-15(14)19(20)21/h3-10,18H,11H2,1-2H3. The first-order valence-electron chi connectivity index (χ1n) is 6.63. The normalized spacial score (nSPS) is 11.2. The summed E-state index contributed by atoms with van der Waals surface area (Å²) >= 11 is 3.26. The van der Waals surface area contributed by atoms with Crippen molar-refractivity contribution in [3.63, 3.8) is 0 Å². The Morgan fingerprint density at radius 2 is 1.86 bits per heavy atom. The van der Waals surface area contributed by atoms with Crippen molar-refractivity contribution in [2.24, 2.45) is 0 Å². The van der Waals surface area contributed by atoms with Crippen molar-refractivity contribution < 1.29 is 4.92 Å². The van der Waals surface area contributed by atoms with Crippen LogP contribution in [0.5, 0.6) is 0 Å². The van der Waals surface area contributed by atoms with E-state index in [1.807, 2.05) is 18.2 Å². The Labute approximate surface area is 132 Å². The third-order valence-corrected chi connectivity index (χ3v) is 3.93. The Morgan fingerprint density at radius 3 is 2.48 bits per heavy atom. The van der Waals surface area contributed by atoms with Gasteiger partial charge in [0.15, 0.2) is 0 Å². The van der Waals surface area contributed by atoms with Crippen LogP contribution >= 0.6 is 15.9 Å². The number of nitro groups is 1. The molecule has 0 saturated carbocycles. The highest BCUT2D eigenvalue weighted by atomic mass is 79.9. The van der Waals surface area contributed by atoms with Gasteiger partial charge in [-0.2, -0.15) is 0 Å². The van der Waals surface area contributed by atoms with E-state index in [9.17, 15) is 10.1 Å². The summed E-state index contributed by atoms with van der Waals surface area (Å²) in [4.78, 5) is 10.7. The van der Waals surface area contributed by atoms with Crippen LogP contribution in [0, 0.1) is 10.1 Å². The Hall–Kier alpha value is -1.88. The first kappa shape index (κ1) is 15.5. The number of benzene rings is 2. The minimum Gasteiger partial charge on any atom is -0.379 e. The fraction of sp³-hybridized carbons (Fsp3) is 0.250. The molecular weight excluding hydrogens is 332 g/mol. The van der Waals surface area contributed by atoms with Gasteiger partial charge in [0.2, 0.25) is 0 Å². The maximum atomic E-state index is 11.1. The van der Waals surface area contributed by atoms with Crippen LogP contribution in [0.15, 0.2) is 53.0 Å². The van der Waals surface area contributed by atoms with Gasteiger partial charge in [-0.05, 0) is 17.7 Å². The average Bonchev–Trinajstić information content (AvgIpc) is 2.47. The molecule has 0 bridgehead atoms. The van der Waals surface area contributed by atoms with E-state index in [0.717, 1.165) is 0 Å². The highest BCUT2D eigenvalue weighted by Crippen LogP contribution is 2.30. The molecule has 0 aliphatic carbocycles. The molecule has 0 aromatic heterocycles. The molecule has 2 aromatic carbocycles. The quantitative estimate of drug-likeness (QED) is 0.626. The predicted octanol–water partition coefficient (Wildman–Crippen LogP) is 4.75. The van der Waals surface area contributed by atoms with Gasteiger partial charge in [-0.25, -0.2) is 0 Å². The van der Waals surface area contributed by atoms with Gasteiger partial charge in [-0.3, -0.25) is 10.1 Å². The van der Waals surface area contributed by atoms with Crippen LogP contribution in [0.3, 0.4) is 0 Å². The van der Waals surface area contributed by atoms with Crippen molar-refractivity contribution in [3.8, 4) is 0 Å². The van der Waals surface area contributed by atoms with Crippen molar-refractivity contribution in [3.05, 3.63) is 68.7 Å². The highest BCUT2D eigenvalue weighted by Gasteiger charge is 2.22. The zero-order chi connectivity index (χ0) is 15.5. The van der Waals surface area contributed by atoms with E-state index in [0.29, 0.717) is 16.7 Å². The molecule has 0 radical (unpaired) electrons. The van der Waals surface area contributed by atoms with Gasteiger partial charge in [-0.15, -0.1) is 0 Å². The number of halogens is 1. The number of nitrogens with zero attached hydrogens (tertiary/aromatic N) is 1. The minimum atomic E-state index is -0.372. The fourth-order valence-electron chi connectivity index (χ4n) is 2.11. The van der Waals surface area contributed by atoms with Crippen molar-refractivity contribution in [1.29, 1.82) is 0 Å². The van der Waals surface area contributed by atoms with E-state index >= 15 is 0 Å². The van der Waals surface area contributed by atoms with Gasteiger partial charge in [0.05, 0.1) is 4.92 Å². The molecule has 0 saturated heterocycles. The molecule has 0 aliphatic rings. The lowest BCUT2D eigenvalue weighted by molar-refractivity contribution is -0.384. The summed E-state index contributed by atoms with van der Waals surface area (Å²) in [5.41, 5.74) is 1.68. The molecule has 4 nitrogen and oxygen atoms in total. The summed E-state index contributed by atoms with van der Waals surface area (Å²) in [6.07, 6.45) is 0. The zero-order valence-corrected chi connectivity index (χ0v) is 13.6. The second kappa shape index (κ2) is 6.26. The molecule has 0 heterocycles. The Bertz CT molecular complexity index is 642. The Morgan fingerprint density at radius 1 is 1.19 bits per heavy atom. The summed E-state index contributed by atoms with van der Waals surface area (Å²) in [6, 6.07) is 15.1. The maximum Gasteiger partial charge on any atom is 0.293 e. The zero-order valence-electron chi connectivity index (χ0n) is 12.0. The van der Waals surface area contributed by atoms with Crippen molar-refractivity contribution in [2.75, 3.05) is 11.9 Å². The smallest absolute Gasteiger partial charge is 0.293 e. The van der Waals surface area contributed by atoms with Crippen LogP contribution in [0.25, 0.3) is 0 Å². The van der Waals surface area contributed by atoms with Crippen molar-refractivity contribution in [2.45, 2.75) is 19.3 Å². The number of hydrogen-bond acceptors (Lipinski definition) is 3. The molecule has 0 atom stereocenters. The van der Waals surface area contributed by atoms with Crippen molar-refractivity contribution >= 4 is 27.3 Å². The van der Waals surface area contributed by atoms with Crippen LogP contribution in [0.4, 0.5) is 11.4 Å². The largest absolute Gasteiger partial charge is 0.379 e. The van der Waals surface area contributed by atoms with Gasteiger partial charge in [-0.1, -0.05) is 60.1 Å². The molecule has 0 aliphatic heterocycles. The topological polar surface area (TPSA) is 55.2 Å². The summed E-state index contributed by atoms with van der Waals surface area (Å²) in [6.45, 7) is 4.83. The third kappa shape index (κ3) is 3.82. The van der Waals surface area contributed by atoms with Gasteiger partial charge in [0.1, 0.15) is 5.69 Å². The minimum absolute atomic E-state index is 0.0771. The second-order valence-corrected chi connectivity index (χ2v) is 6.44. The molecule has 0 fully saturated rings. The van der Waals surface area contributed by atoms with Gasteiger partial charge < -0.3 is 5.32 Å². The fourth-order valence-corrected chi connectivity index (χ4v) is 2.46. The van der Waals surface area contributed by atoms with Crippen LogP contribution in [0.1, 0.15) is 19.4 Å². The van der Waals surface area contributed by atoms with Gasteiger partial charge >= 0.3 is 0 Å². The molecule has 2 aromatic rings. The van der Waals surface area contributed by atoms with E-state index in [1.54, 1.807) is 12.1 Å². The first-order valence-corrected chi connectivity index (χ1v) is 7.43. The third-order valence-electron chi connectivity index (χ3n) is 3.43. The lowest BCUT2D eigenvalue weighted by atomic mass is 9.84. The highest BCUT2D eigenvalue weighted by molar-refractivity contribution is 9.10.